The predicted molar refractivity (Wildman–Crippen MR) is 111 cm³/mol. The van der Waals surface area contributed by atoms with Gasteiger partial charge >= 0.3 is 0 Å². The summed E-state index contributed by atoms with van der Waals surface area (Å²) in [7, 11) is 1.63. The summed E-state index contributed by atoms with van der Waals surface area (Å²) in [5.41, 5.74) is 4.32. The second kappa shape index (κ2) is 9.09. The molecule has 4 nitrogen and oxygen atoms in total. The minimum absolute atomic E-state index is 0.0397. The second-order valence-electron chi connectivity index (χ2n) is 6.72. The Bertz CT molecular complexity index is 920. The van der Waals surface area contributed by atoms with Crippen molar-refractivity contribution in [3.05, 3.63) is 95.1 Å². The van der Waals surface area contributed by atoms with E-state index >= 15 is 0 Å². The van der Waals surface area contributed by atoms with Crippen LogP contribution in [-0.4, -0.2) is 19.6 Å². The Morgan fingerprint density at radius 2 is 1.50 bits per heavy atom. The first-order chi connectivity index (χ1) is 13.6. The fraction of sp³-hybridized carbons (Fsp3) is 0.208. The molecule has 0 aliphatic rings. The highest BCUT2D eigenvalue weighted by atomic mass is 16.5. The molecule has 0 heterocycles. The first kappa shape index (κ1) is 19.5. The second-order valence-corrected chi connectivity index (χ2v) is 6.72. The minimum atomic E-state index is -0.261. The third-order valence-electron chi connectivity index (χ3n) is 4.74. The van der Waals surface area contributed by atoms with Gasteiger partial charge in [-0.3, -0.25) is 4.79 Å². The van der Waals surface area contributed by atoms with Gasteiger partial charge in [0.1, 0.15) is 11.5 Å². The normalized spacial score (nSPS) is 11.5. The van der Waals surface area contributed by atoms with Gasteiger partial charge in [0, 0.05) is 0 Å². The number of amides is 1. The number of nitrogens with one attached hydrogen (secondary N) is 1. The van der Waals surface area contributed by atoms with Gasteiger partial charge in [-0.25, -0.2) is 0 Å². The van der Waals surface area contributed by atoms with E-state index in [-0.39, 0.29) is 18.6 Å². The lowest BCUT2D eigenvalue weighted by molar-refractivity contribution is -0.123. The Morgan fingerprint density at radius 3 is 2.14 bits per heavy atom. The highest BCUT2D eigenvalue weighted by molar-refractivity contribution is 5.78. The van der Waals surface area contributed by atoms with Crippen molar-refractivity contribution in [3.63, 3.8) is 0 Å². The molecule has 0 bridgehead atoms. The Morgan fingerprint density at radius 1 is 0.857 bits per heavy atom. The van der Waals surface area contributed by atoms with Crippen molar-refractivity contribution >= 4 is 5.91 Å². The molecule has 0 unspecified atom stereocenters. The number of methoxy groups -OCH3 is 1. The molecule has 0 radical (unpaired) electrons. The molecule has 0 saturated heterocycles. The van der Waals surface area contributed by atoms with Crippen molar-refractivity contribution in [3.8, 4) is 11.5 Å². The molecule has 1 N–H and O–H groups in total. The Kier molecular flexibility index (Phi) is 6.33. The Hall–Kier alpha value is -3.27. The summed E-state index contributed by atoms with van der Waals surface area (Å²) in [6.07, 6.45) is 0. The number of aryl methyl sites for hydroxylation is 2. The molecular weight excluding hydrogens is 350 g/mol. The van der Waals surface area contributed by atoms with Gasteiger partial charge in [0.25, 0.3) is 5.91 Å². The van der Waals surface area contributed by atoms with Gasteiger partial charge in [0.2, 0.25) is 0 Å². The first-order valence-corrected chi connectivity index (χ1v) is 9.25. The summed E-state index contributed by atoms with van der Waals surface area (Å²) in [5.74, 6) is 1.29. The quantitative estimate of drug-likeness (QED) is 0.657. The summed E-state index contributed by atoms with van der Waals surface area (Å²) in [6, 6.07) is 23.1. The molecule has 144 valence electrons. The molecule has 1 atom stereocenters. The summed E-state index contributed by atoms with van der Waals surface area (Å²) in [6.45, 7) is 4.03. The third kappa shape index (κ3) is 4.92. The van der Waals surface area contributed by atoms with Crippen molar-refractivity contribution in [2.24, 2.45) is 0 Å². The van der Waals surface area contributed by atoms with Gasteiger partial charge in [0.05, 0.1) is 13.2 Å². The van der Waals surface area contributed by atoms with Crippen LogP contribution in [0.2, 0.25) is 0 Å². The van der Waals surface area contributed by atoms with Crippen molar-refractivity contribution in [2.75, 3.05) is 13.7 Å². The van der Waals surface area contributed by atoms with Crippen LogP contribution in [-0.2, 0) is 4.79 Å². The van der Waals surface area contributed by atoms with Crippen molar-refractivity contribution < 1.29 is 14.3 Å². The summed E-state index contributed by atoms with van der Waals surface area (Å²) in [5, 5.41) is 3.08. The zero-order valence-electron chi connectivity index (χ0n) is 16.4. The maximum atomic E-state index is 12.6. The maximum Gasteiger partial charge on any atom is 0.258 e. The van der Waals surface area contributed by atoms with E-state index in [4.69, 9.17) is 9.47 Å². The van der Waals surface area contributed by atoms with Gasteiger partial charge in [-0.1, -0.05) is 48.5 Å². The Balaban J connectivity index is 1.73. The molecule has 28 heavy (non-hydrogen) atoms. The van der Waals surface area contributed by atoms with E-state index in [2.05, 4.69) is 5.32 Å². The lowest BCUT2D eigenvalue weighted by Gasteiger charge is -2.20. The molecule has 0 aromatic heterocycles. The zero-order chi connectivity index (χ0) is 19.9. The molecule has 0 aliphatic heterocycles. The number of rotatable bonds is 7. The smallest absolute Gasteiger partial charge is 0.258 e. The maximum absolute atomic E-state index is 12.6. The van der Waals surface area contributed by atoms with Gasteiger partial charge in [0.15, 0.2) is 6.61 Å². The molecule has 0 fully saturated rings. The number of hydrogen-bond donors (Lipinski definition) is 1. The van der Waals surface area contributed by atoms with Gasteiger partial charge < -0.3 is 14.8 Å². The highest BCUT2D eigenvalue weighted by Gasteiger charge is 2.17. The number of ether oxygens (including phenoxy) is 2. The van der Waals surface area contributed by atoms with Crippen molar-refractivity contribution in [2.45, 2.75) is 19.9 Å². The highest BCUT2D eigenvalue weighted by Crippen LogP contribution is 2.24. The molecule has 0 aliphatic carbocycles. The van der Waals surface area contributed by atoms with Crippen LogP contribution in [0.5, 0.6) is 11.5 Å². The zero-order valence-corrected chi connectivity index (χ0v) is 16.4. The number of benzene rings is 3. The van der Waals surface area contributed by atoms with E-state index in [9.17, 15) is 4.79 Å². The van der Waals surface area contributed by atoms with Gasteiger partial charge in [-0.2, -0.15) is 0 Å². The first-order valence-electron chi connectivity index (χ1n) is 9.25. The molecule has 1 amide bonds. The van der Waals surface area contributed by atoms with Crippen LogP contribution in [0.1, 0.15) is 28.3 Å². The van der Waals surface area contributed by atoms with Crippen LogP contribution in [0.15, 0.2) is 72.8 Å². The van der Waals surface area contributed by atoms with Crippen LogP contribution in [0, 0.1) is 13.8 Å². The minimum Gasteiger partial charge on any atom is -0.497 e. The topological polar surface area (TPSA) is 47.6 Å². The van der Waals surface area contributed by atoms with Crippen LogP contribution in [0.4, 0.5) is 0 Å². The van der Waals surface area contributed by atoms with Crippen molar-refractivity contribution in [1.82, 2.24) is 5.32 Å². The number of carbonyl (C=O) groups excluding carboxylic acids is 1. The monoisotopic (exact) mass is 375 g/mol. The van der Waals surface area contributed by atoms with E-state index in [1.165, 1.54) is 5.56 Å². The van der Waals surface area contributed by atoms with Crippen LogP contribution < -0.4 is 14.8 Å². The van der Waals surface area contributed by atoms with Gasteiger partial charge in [-0.05, 0) is 60.4 Å². The predicted octanol–water partition coefficient (Wildman–Crippen LogP) is 4.60. The fourth-order valence-electron chi connectivity index (χ4n) is 2.96. The average molecular weight is 375 g/mol. The van der Waals surface area contributed by atoms with E-state index in [0.29, 0.717) is 5.75 Å². The lowest BCUT2D eigenvalue weighted by Crippen LogP contribution is -2.33. The largest absolute Gasteiger partial charge is 0.497 e. The van der Waals surface area contributed by atoms with E-state index in [1.54, 1.807) is 7.11 Å². The van der Waals surface area contributed by atoms with E-state index in [0.717, 1.165) is 22.4 Å². The van der Waals surface area contributed by atoms with Gasteiger partial charge in [-0.15, -0.1) is 0 Å². The summed E-state index contributed by atoms with van der Waals surface area (Å²) < 4.78 is 10.9. The molecule has 3 rings (SSSR count). The van der Waals surface area contributed by atoms with Crippen LogP contribution in [0.3, 0.4) is 0 Å². The SMILES string of the molecule is COc1ccc([C@H](NC(=O)COc2ccc(C)c(C)c2)c2ccccc2)cc1. The number of hydrogen-bond acceptors (Lipinski definition) is 3. The molecule has 3 aromatic rings. The fourth-order valence-corrected chi connectivity index (χ4v) is 2.96. The van der Waals surface area contributed by atoms with Crippen LogP contribution >= 0.6 is 0 Å². The third-order valence-corrected chi connectivity index (χ3v) is 4.74. The van der Waals surface area contributed by atoms with E-state index < -0.39 is 0 Å². The average Bonchev–Trinajstić information content (AvgIpc) is 2.73. The van der Waals surface area contributed by atoms with E-state index in [1.807, 2.05) is 86.6 Å². The molecule has 3 aromatic carbocycles. The molecule has 4 heteroatoms. The van der Waals surface area contributed by atoms with Crippen LogP contribution in [0.25, 0.3) is 0 Å². The summed E-state index contributed by atoms with van der Waals surface area (Å²) in [4.78, 5) is 12.6. The van der Waals surface area contributed by atoms with Crippen molar-refractivity contribution in [1.29, 1.82) is 0 Å². The lowest BCUT2D eigenvalue weighted by atomic mass is 9.98. The molecular formula is C24H25NO3. The number of carbonyl (C=O) groups is 1. The Labute approximate surface area is 166 Å². The molecule has 0 saturated carbocycles. The summed E-state index contributed by atoms with van der Waals surface area (Å²) >= 11 is 0. The molecule has 0 spiro atoms. The standard InChI is InChI=1S/C24H25NO3/c1-17-9-12-22(15-18(17)2)28-16-23(26)25-24(19-7-5-4-6-8-19)20-10-13-21(27-3)14-11-20/h4-15,24H,16H2,1-3H3,(H,25,26)/t24-/m1/s1.